The van der Waals surface area contributed by atoms with Crippen molar-refractivity contribution in [3.8, 4) is 11.5 Å². The molecule has 0 saturated heterocycles. The van der Waals surface area contributed by atoms with Crippen LogP contribution in [0.2, 0.25) is 0 Å². The summed E-state index contributed by atoms with van der Waals surface area (Å²) >= 11 is 0. The molecule has 0 aromatic heterocycles. The zero-order chi connectivity index (χ0) is 15.9. The lowest BCUT2D eigenvalue weighted by molar-refractivity contribution is -0.121. The number of rotatable bonds is 5. The summed E-state index contributed by atoms with van der Waals surface area (Å²) in [5.74, 6) is -0.521. The molecule has 4 N–H and O–H groups in total. The molecule has 0 unspecified atom stereocenters. The first-order chi connectivity index (χ1) is 10.6. The highest BCUT2D eigenvalue weighted by molar-refractivity contribution is 6.16. The van der Waals surface area contributed by atoms with Crippen LogP contribution in [0.15, 0.2) is 53.6 Å². The molecule has 2 aromatic carbocycles. The first-order valence-electron chi connectivity index (χ1n) is 6.67. The number of nitrogens with one attached hydrogen (secondary N) is 1. The number of nitrogens with zero attached hydrogens (tertiary/aromatic N) is 1. The lowest BCUT2D eigenvalue weighted by Gasteiger charge is -2.11. The normalized spacial score (nSPS) is 10.0. The highest BCUT2D eigenvalue weighted by Gasteiger charge is 2.15. The number of phenolic OH excluding ortho intramolecular Hbond substituents is 2. The summed E-state index contributed by atoms with van der Waals surface area (Å²) in [5, 5.41) is 32.7. The molecule has 22 heavy (non-hydrogen) atoms. The second-order valence-corrected chi connectivity index (χ2v) is 4.50. The van der Waals surface area contributed by atoms with E-state index in [1.165, 1.54) is 12.1 Å². The summed E-state index contributed by atoms with van der Waals surface area (Å²) in [6, 6.07) is 13.0. The van der Waals surface area contributed by atoms with Gasteiger partial charge in [-0.1, -0.05) is 24.3 Å². The average molecular weight is 300 g/mol. The van der Waals surface area contributed by atoms with Crippen molar-refractivity contribution in [2.45, 2.75) is 6.42 Å². The Morgan fingerprint density at radius 2 is 1.45 bits per heavy atom. The minimum absolute atomic E-state index is 0.0269. The van der Waals surface area contributed by atoms with Crippen molar-refractivity contribution >= 4 is 11.6 Å². The Labute approximate surface area is 127 Å². The highest BCUT2D eigenvalue weighted by atomic mass is 16.3. The summed E-state index contributed by atoms with van der Waals surface area (Å²) < 4.78 is 0. The maximum atomic E-state index is 11.5. The van der Waals surface area contributed by atoms with Crippen LogP contribution in [-0.4, -0.2) is 33.5 Å². The molecule has 6 heteroatoms. The van der Waals surface area contributed by atoms with Gasteiger partial charge in [-0.2, -0.15) is 5.10 Å². The molecule has 2 rings (SSSR count). The zero-order valence-corrected chi connectivity index (χ0v) is 11.7. The molecule has 0 aliphatic heterocycles. The molecule has 6 nitrogen and oxygen atoms in total. The predicted octanol–water partition coefficient (Wildman–Crippen LogP) is 1.35. The number of aromatic hydroxyl groups is 2. The summed E-state index contributed by atoms with van der Waals surface area (Å²) in [7, 11) is 0. The van der Waals surface area contributed by atoms with Gasteiger partial charge in [0, 0.05) is 11.1 Å². The van der Waals surface area contributed by atoms with Gasteiger partial charge in [0.15, 0.2) is 0 Å². The zero-order valence-electron chi connectivity index (χ0n) is 11.7. The van der Waals surface area contributed by atoms with Crippen LogP contribution in [0.5, 0.6) is 11.5 Å². The van der Waals surface area contributed by atoms with Gasteiger partial charge in [0.05, 0.1) is 13.0 Å². The van der Waals surface area contributed by atoms with Gasteiger partial charge in [-0.3, -0.25) is 4.79 Å². The van der Waals surface area contributed by atoms with Gasteiger partial charge in [0.25, 0.3) is 0 Å². The number of phenols is 2. The fraction of sp³-hybridized carbons (Fsp3) is 0.125. The Kier molecular flexibility index (Phi) is 5.11. The van der Waals surface area contributed by atoms with E-state index in [0.29, 0.717) is 11.1 Å². The maximum absolute atomic E-state index is 11.5. The largest absolute Gasteiger partial charge is 0.507 e. The number of carbonyl (C=O) groups is 1. The van der Waals surface area contributed by atoms with Crippen LogP contribution in [-0.2, 0) is 4.79 Å². The van der Waals surface area contributed by atoms with Gasteiger partial charge in [-0.05, 0) is 24.3 Å². The fourth-order valence-corrected chi connectivity index (χ4v) is 1.89. The van der Waals surface area contributed by atoms with Gasteiger partial charge < -0.3 is 15.3 Å². The second-order valence-electron chi connectivity index (χ2n) is 4.50. The first kappa shape index (κ1) is 15.5. The van der Waals surface area contributed by atoms with Gasteiger partial charge in [0.2, 0.25) is 5.91 Å². The van der Waals surface area contributed by atoms with E-state index in [-0.39, 0.29) is 30.2 Å². The van der Waals surface area contributed by atoms with Crippen LogP contribution in [0.1, 0.15) is 17.5 Å². The van der Waals surface area contributed by atoms with Crippen LogP contribution >= 0.6 is 0 Å². The number of aliphatic hydroxyl groups is 1. The molecule has 0 bridgehead atoms. The summed E-state index contributed by atoms with van der Waals surface area (Å²) in [4.78, 5) is 11.5. The lowest BCUT2D eigenvalue weighted by Crippen LogP contribution is -2.21. The number of hydrogen-bond acceptors (Lipinski definition) is 5. The molecule has 114 valence electrons. The van der Waals surface area contributed by atoms with Crippen LogP contribution in [0.25, 0.3) is 0 Å². The Balaban J connectivity index is 2.46. The third kappa shape index (κ3) is 3.62. The van der Waals surface area contributed by atoms with Crippen LogP contribution in [0.3, 0.4) is 0 Å². The molecule has 2 aromatic rings. The van der Waals surface area contributed by atoms with Crippen LogP contribution in [0, 0.1) is 0 Å². The average Bonchev–Trinajstić information content (AvgIpc) is 2.51. The third-order valence-corrected chi connectivity index (χ3v) is 2.95. The molecule has 1 amide bonds. The first-order valence-corrected chi connectivity index (χ1v) is 6.67. The standard InChI is InChI=1S/C16H16N2O4/c19-10-9-15(22)17-18-16(11-5-1-3-7-13(11)20)12-6-2-4-8-14(12)21/h1-8,19-21H,9-10H2,(H,17,22). The SMILES string of the molecule is O=C(CCO)NN=C(c1ccccc1O)c1ccccc1O. The van der Waals surface area contributed by atoms with Crippen molar-refractivity contribution in [3.63, 3.8) is 0 Å². The topological polar surface area (TPSA) is 102 Å². The third-order valence-electron chi connectivity index (χ3n) is 2.95. The number of hydrazone groups is 1. The molecule has 0 atom stereocenters. The van der Waals surface area contributed by atoms with Gasteiger partial charge in [0.1, 0.15) is 17.2 Å². The number of benzene rings is 2. The van der Waals surface area contributed by atoms with Crippen molar-refractivity contribution < 1.29 is 20.1 Å². The number of amides is 1. The van der Waals surface area contributed by atoms with Crippen molar-refractivity contribution in [1.82, 2.24) is 5.43 Å². The Morgan fingerprint density at radius 3 is 1.91 bits per heavy atom. The molecule has 0 aliphatic carbocycles. The van der Waals surface area contributed by atoms with Crippen molar-refractivity contribution in [2.75, 3.05) is 6.61 Å². The smallest absolute Gasteiger partial charge is 0.242 e. The van der Waals surface area contributed by atoms with E-state index in [1.54, 1.807) is 36.4 Å². The Hall–Kier alpha value is -2.86. The van der Waals surface area contributed by atoms with E-state index in [4.69, 9.17) is 5.11 Å². The monoisotopic (exact) mass is 300 g/mol. The molecular formula is C16H16N2O4. The highest BCUT2D eigenvalue weighted by Crippen LogP contribution is 2.25. The molecule has 0 heterocycles. The number of hydrogen-bond donors (Lipinski definition) is 4. The van der Waals surface area contributed by atoms with Crippen molar-refractivity contribution in [3.05, 3.63) is 59.7 Å². The molecular weight excluding hydrogens is 284 g/mol. The second kappa shape index (κ2) is 7.24. The quantitative estimate of drug-likeness (QED) is 0.494. The van der Waals surface area contributed by atoms with Crippen LogP contribution in [0.4, 0.5) is 0 Å². The van der Waals surface area contributed by atoms with E-state index < -0.39 is 5.91 Å². The molecule has 0 aliphatic rings. The molecule has 0 radical (unpaired) electrons. The van der Waals surface area contributed by atoms with Gasteiger partial charge >= 0.3 is 0 Å². The fourth-order valence-electron chi connectivity index (χ4n) is 1.89. The predicted molar refractivity (Wildman–Crippen MR) is 81.7 cm³/mol. The van der Waals surface area contributed by atoms with E-state index in [1.807, 2.05) is 0 Å². The summed E-state index contributed by atoms with van der Waals surface area (Å²) in [6.07, 6.45) is -0.0850. The number of carbonyl (C=O) groups excluding carboxylic acids is 1. The maximum Gasteiger partial charge on any atom is 0.242 e. The molecule has 0 saturated carbocycles. The van der Waals surface area contributed by atoms with Gasteiger partial charge in [-0.25, -0.2) is 5.43 Å². The van der Waals surface area contributed by atoms with Crippen molar-refractivity contribution in [1.29, 1.82) is 0 Å². The Morgan fingerprint density at radius 1 is 0.955 bits per heavy atom. The van der Waals surface area contributed by atoms with Crippen LogP contribution < -0.4 is 5.43 Å². The summed E-state index contributed by atoms with van der Waals surface area (Å²) in [5.41, 5.74) is 3.26. The van der Waals surface area contributed by atoms with Crippen molar-refractivity contribution in [2.24, 2.45) is 5.10 Å². The molecule has 0 spiro atoms. The Bertz CT molecular complexity index is 651. The van der Waals surface area contributed by atoms with Gasteiger partial charge in [-0.15, -0.1) is 0 Å². The summed E-state index contributed by atoms with van der Waals surface area (Å²) in [6.45, 7) is -0.288. The van der Waals surface area contributed by atoms with E-state index in [0.717, 1.165) is 0 Å². The number of para-hydroxylation sites is 2. The lowest BCUT2D eigenvalue weighted by atomic mass is 10.0. The van der Waals surface area contributed by atoms with E-state index in [2.05, 4.69) is 10.5 Å². The van der Waals surface area contributed by atoms with E-state index >= 15 is 0 Å². The van der Waals surface area contributed by atoms with E-state index in [9.17, 15) is 15.0 Å². The minimum Gasteiger partial charge on any atom is -0.507 e. The molecule has 0 fully saturated rings. The minimum atomic E-state index is -0.467. The number of aliphatic hydroxyl groups excluding tert-OH is 1.